The fourth-order valence-electron chi connectivity index (χ4n) is 2.70. The van der Waals surface area contributed by atoms with Gasteiger partial charge in [0, 0.05) is 18.8 Å². The topological polar surface area (TPSA) is 87.5 Å². The largest absolute Gasteiger partial charge is 0.446 e. The van der Waals surface area contributed by atoms with Crippen LogP contribution in [0.4, 0.5) is 10.5 Å². The van der Waals surface area contributed by atoms with Crippen molar-refractivity contribution < 1.29 is 14.0 Å². The van der Waals surface area contributed by atoms with Crippen molar-refractivity contribution in [3.63, 3.8) is 0 Å². The molecule has 7 heteroatoms. The van der Waals surface area contributed by atoms with Crippen molar-refractivity contribution in [1.82, 2.24) is 15.2 Å². The molecule has 146 valence electrons. The highest BCUT2D eigenvalue weighted by molar-refractivity contribution is 5.92. The molecule has 2 aromatic rings. The van der Waals surface area contributed by atoms with Gasteiger partial charge in [-0.25, -0.2) is 9.78 Å². The Morgan fingerprint density at radius 3 is 2.48 bits per heavy atom. The van der Waals surface area contributed by atoms with Gasteiger partial charge in [-0.3, -0.25) is 4.79 Å². The van der Waals surface area contributed by atoms with Crippen LogP contribution >= 0.6 is 0 Å². The van der Waals surface area contributed by atoms with E-state index in [1.165, 1.54) is 6.26 Å². The molecule has 2 N–H and O–H groups in total. The van der Waals surface area contributed by atoms with Gasteiger partial charge in [0.05, 0.1) is 6.54 Å². The summed E-state index contributed by atoms with van der Waals surface area (Å²) in [4.78, 5) is 30.6. The van der Waals surface area contributed by atoms with Gasteiger partial charge in [0.25, 0.3) is 5.91 Å². The second kappa shape index (κ2) is 9.75. The van der Waals surface area contributed by atoms with E-state index in [0.717, 1.165) is 29.7 Å². The Hall–Kier alpha value is -2.83. The highest BCUT2D eigenvalue weighted by atomic mass is 16.3. The van der Waals surface area contributed by atoms with E-state index in [-0.39, 0.29) is 24.2 Å². The van der Waals surface area contributed by atoms with E-state index in [1.54, 1.807) is 4.90 Å². The molecule has 0 saturated carbocycles. The van der Waals surface area contributed by atoms with Crippen molar-refractivity contribution in [3.8, 4) is 0 Å². The first-order valence-corrected chi connectivity index (χ1v) is 9.31. The summed E-state index contributed by atoms with van der Waals surface area (Å²) < 4.78 is 5.40. The molecule has 3 amide bonds. The fraction of sp³-hybridized carbons (Fsp3) is 0.450. The van der Waals surface area contributed by atoms with E-state index in [9.17, 15) is 9.59 Å². The molecule has 0 spiro atoms. The van der Waals surface area contributed by atoms with E-state index in [4.69, 9.17) is 4.42 Å². The SMILES string of the molecule is CCCNC(=O)c1coc(CN(CCC)C(=O)Nc2c(C)cccc2C)n1. The minimum atomic E-state index is -0.270. The van der Waals surface area contributed by atoms with Gasteiger partial charge in [-0.15, -0.1) is 0 Å². The maximum atomic E-state index is 12.8. The number of carbonyl (C=O) groups excluding carboxylic acids is 2. The highest BCUT2D eigenvalue weighted by Crippen LogP contribution is 2.20. The van der Waals surface area contributed by atoms with Crippen molar-refractivity contribution in [2.75, 3.05) is 18.4 Å². The first-order valence-electron chi connectivity index (χ1n) is 9.31. The minimum absolute atomic E-state index is 0.200. The van der Waals surface area contributed by atoms with Gasteiger partial charge >= 0.3 is 6.03 Å². The molecule has 0 radical (unpaired) electrons. The van der Waals surface area contributed by atoms with Crippen molar-refractivity contribution in [3.05, 3.63) is 47.2 Å². The molecule has 7 nitrogen and oxygen atoms in total. The predicted octanol–water partition coefficient (Wildman–Crippen LogP) is 3.88. The number of nitrogens with one attached hydrogen (secondary N) is 2. The standard InChI is InChI=1S/C20H28N4O3/c1-5-10-21-19(25)16-13-27-17(22-16)12-24(11-6-2)20(26)23-18-14(3)8-7-9-15(18)4/h7-9,13H,5-6,10-12H2,1-4H3,(H,21,25)(H,23,26). The number of nitrogens with zero attached hydrogens (tertiary/aromatic N) is 2. The third-order valence-corrected chi connectivity index (χ3v) is 4.14. The van der Waals surface area contributed by atoms with Crippen molar-refractivity contribution in [2.24, 2.45) is 0 Å². The molecule has 0 unspecified atom stereocenters. The van der Waals surface area contributed by atoms with Crippen molar-refractivity contribution in [2.45, 2.75) is 47.1 Å². The van der Waals surface area contributed by atoms with E-state index in [2.05, 4.69) is 15.6 Å². The van der Waals surface area contributed by atoms with Crippen LogP contribution in [0, 0.1) is 13.8 Å². The molecule has 1 heterocycles. The number of aromatic nitrogens is 1. The molecule has 2 rings (SSSR count). The molecule has 0 aliphatic carbocycles. The van der Waals surface area contributed by atoms with E-state index in [0.29, 0.717) is 19.0 Å². The number of hydrogen-bond acceptors (Lipinski definition) is 4. The number of amides is 3. The molecular formula is C20H28N4O3. The minimum Gasteiger partial charge on any atom is -0.446 e. The van der Waals surface area contributed by atoms with E-state index < -0.39 is 0 Å². The quantitative estimate of drug-likeness (QED) is 0.736. The number of oxazole rings is 1. The maximum Gasteiger partial charge on any atom is 0.322 e. The Labute approximate surface area is 160 Å². The number of aryl methyl sites for hydroxylation is 2. The van der Waals surface area contributed by atoms with Gasteiger partial charge in [-0.1, -0.05) is 32.0 Å². The lowest BCUT2D eigenvalue weighted by Gasteiger charge is -2.22. The summed E-state index contributed by atoms with van der Waals surface area (Å²) in [5.74, 6) is 0.0654. The van der Waals surface area contributed by atoms with Crippen LogP contribution in [0.15, 0.2) is 28.9 Å². The second-order valence-electron chi connectivity index (χ2n) is 6.50. The summed E-state index contributed by atoms with van der Waals surface area (Å²) >= 11 is 0. The van der Waals surface area contributed by atoms with Crippen LogP contribution in [0.3, 0.4) is 0 Å². The van der Waals surface area contributed by atoms with Gasteiger partial charge in [0.15, 0.2) is 5.69 Å². The molecule has 0 saturated heterocycles. The molecular weight excluding hydrogens is 344 g/mol. The van der Waals surface area contributed by atoms with Gasteiger partial charge in [0.1, 0.15) is 6.26 Å². The number of benzene rings is 1. The predicted molar refractivity (Wildman–Crippen MR) is 105 cm³/mol. The van der Waals surface area contributed by atoms with Crippen LogP contribution in [0.5, 0.6) is 0 Å². The average molecular weight is 372 g/mol. The third-order valence-electron chi connectivity index (χ3n) is 4.14. The molecule has 0 bridgehead atoms. The number of para-hydroxylation sites is 1. The van der Waals surface area contributed by atoms with Gasteiger partial charge in [0.2, 0.25) is 5.89 Å². The van der Waals surface area contributed by atoms with E-state index >= 15 is 0 Å². The summed E-state index contributed by atoms with van der Waals surface area (Å²) in [6, 6.07) is 5.66. The normalized spacial score (nSPS) is 10.5. The molecule has 27 heavy (non-hydrogen) atoms. The first kappa shape index (κ1) is 20.5. The number of urea groups is 1. The number of hydrogen-bond donors (Lipinski definition) is 2. The Kier molecular flexibility index (Phi) is 7.40. The van der Waals surface area contributed by atoms with Crippen LogP contribution in [0.2, 0.25) is 0 Å². The summed E-state index contributed by atoms with van der Waals surface area (Å²) in [7, 11) is 0. The molecule has 1 aromatic heterocycles. The van der Waals surface area contributed by atoms with Crippen LogP contribution in [-0.4, -0.2) is 34.9 Å². The molecule has 0 atom stereocenters. The van der Waals surface area contributed by atoms with Gasteiger partial charge in [-0.05, 0) is 37.8 Å². The first-order chi connectivity index (χ1) is 13.0. The Bertz CT molecular complexity index is 765. The average Bonchev–Trinajstić information content (AvgIpc) is 3.11. The molecule has 0 fully saturated rings. The Morgan fingerprint density at radius 1 is 1.15 bits per heavy atom. The van der Waals surface area contributed by atoms with Crippen LogP contribution in [-0.2, 0) is 6.54 Å². The Morgan fingerprint density at radius 2 is 1.85 bits per heavy atom. The summed E-state index contributed by atoms with van der Waals surface area (Å²) in [5, 5.41) is 5.73. The summed E-state index contributed by atoms with van der Waals surface area (Å²) in [6.45, 7) is 9.23. The van der Waals surface area contributed by atoms with Gasteiger partial charge in [-0.2, -0.15) is 0 Å². The zero-order valence-corrected chi connectivity index (χ0v) is 16.5. The number of rotatable bonds is 8. The van der Waals surface area contributed by atoms with Crippen LogP contribution < -0.4 is 10.6 Å². The van der Waals surface area contributed by atoms with Crippen LogP contribution in [0.1, 0.15) is 54.2 Å². The maximum absolute atomic E-state index is 12.8. The summed E-state index contributed by atoms with van der Waals surface area (Å²) in [6.07, 6.45) is 2.97. The highest BCUT2D eigenvalue weighted by Gasteiger charge is 2.19. The smallest absolute Gasteiger partial charge is 0.322 e. The molecule has 0 aliphatic heterocycles. The molecule has 1 aromatic carbocycles. The van der Waals surface area contributed by atoms with Crippen molar-refractivity contribution in [1.29, 1.82) is 0 Å². The lowest BCUT2D eigenvalue weighted by atomic mass is 10.1. The number of anilines is 1. The fourth-order valence-corrected chi connectivity index (χ4v) is 2.70. The molecule has 0 aliphatic rings. The zero-order chi connectivity index (χ0) is 19.8. The van der Waals surface area contributed by atoms with Crippen molar-refractivity contribution >= 4 is 17.6 Å². The summed E-state index contributed by atoms with van der Waals surface area (Å²) in [5.41, 5.74) is 3.05. The lowest BCUT2D eigenvalue weighted by molar-refractivity contribution is 0.0948. The second-order valence-corrected chi connectivity index (χ2v) is 6.50. The Balaban J connectivity index is 2.08. The number of carbonyl (C=O) groups is 2. The monoisotopic (exact) mass is 372 g/mol. The van der Waals surface area contributed by atoms with Crippen LogP contribution in [0.25, 0.3) is 0 Å². The lowest BCUT2D eigenvalue weighted by Crippen LogP contribution is -2.35. The van der Waals surface area contributed by atoms with Gasteiger partial charge < -0.3 is 20.0 Å². The zero-order valence-electron chi connectivity index (χ0n) is 16.5. The van der Waals surface area contributed by atoms with E-state index in [1.807, 2.05) is 45.9 Å². The third kappa shape index (κ3) is 5.57.